The van der Waals surface area contributed by atoms with Crippen LogP contribution < -0.4 is 9.64 Å². The SMILES string of the molecule is C[C@@H]1CN(C[C@@](C)(O)c2ccc(C#N)cc2)C[C@@H](c2ccc(F)cc2)N1c1ccc(OCCO)cc1Cl. The first-order valence-electron chi connectivity index (χ1n) is 12.2. The molecular weight excluding hydrogens is 493 g/mol. The van der Waals surface area contributed by atoms with E-state index >= 15 is 0 Å². The third kappa shape index (κ3) is 6.23. The van der Waals surface area contributed by atoms with Gasteiger partial charge in [-0.05, 0) is 61.4 Å². The highest BCUT2D eigenvalue weighted by atomic mass is 35.5. The van der Waals surface area contributed by atoms with Crippen LogP contribution in [0.2, 0.25) is 5.02 Å². The molecular formula is C29H31ClFN3O3. The van der Waals surface area contributed by atoms with E-state index in [1.807, 2.05) is 12.1 Å². The predicted molar refractivity (Wildman–Crippen MR) is 142 cm³/mol. The minimum absolute atomic E-state index is 0.0160. The number of hydrogen-bond donors (Lipinski definition) is 2. The number of rotatable bonds is 8. The minimum Gasteiger partial charge on any atom is -0.491 e. The summed E-state index contributed by atoms with van der Waals surface area (Å²) in [6, 6.07) is 20.9. The molecule has 194 valence electrons. The third-order valence-corrected chi connectivity index (χ3v) is 7.05. The lowest BCUT2D eigenvalue weighted by Crippen LogP contribution is -2.56. The van der Waals surface area contributed by atoms with Crippen LogP contribution >= 0.6 is 11.6 Å². The third-order valence-electron chi connectivity index (χ3n) is 6.74. The molecule has 0 bridgehead atoms. The summed E-state index contributed by atoms with van der Waals surface area (Å²) in [6.45, 7) is 5.62. The molecule has 6 nitrogen and oxygen atoms in total. The van der Waals surface area contributed by atoms with Crippen LogP contribution in [0.5, 0.6) is 5.75 Å². The number of halogens is 2. The predicted octanol–water partition coefficient (Wildman–Crippen LogP) is 4.88. The van der Waals surface area contributed by atoms with E-state index in [1.54, 1.807) is 49.4 Å². The lowest BCUT2D eigenvalue weighted by atomic mass is 9.92. The van der Waals surface area contributed by atoms with E-state index in [0.717, 1.165) is 16.8 Å². The van der Waals surface area contributed by atoms with Gasteiger partial charge >= 0.3 is 0 Å². The number of nitriles is 1. The Morgan fingerprint density at radius 2 is 1.81 bits per heavy atom. The standard InChI is InChI=1S/C29H31ClFN3O3/c1-20-17-33(19-29(2,36)23-7-3-21(16-32)4-8-23)18-28(22-5-9-24(31)10-6-22)34(20)27-12-11-25(15-26(27)30)37-14-13-35/h3-12,15,20,28,35-36H,13-14,17-19H2,1-2H3/t20-,28+,29-/m1/s1. The van der Waals surface area contributed by atoms with E-state index in [-0.39, 0.29) is 31.1 Å². The van der Waals surface area contributed by atoms with Crippen LogP contribution in [-0.2, 0) is 5.60 Å². The number of hydrogen-bond acceptors (Lipinski definition) is 6. The molecule has 0 aromatic heterocycles. The maximum atomic E-state index is 13.8. The fourth-order valence-electron chi connectivity index (χ4n) is 5.04. The van der Waals surface area contributed by atoms with Gasteiger partial charge in [-0.2, -0.15) is 5.26 Å². The van der Waals surface area contributed by atoms with E-state index in [4.69, 9.17) is 26.7 Å². The van der Waals surface area contributed by atoms with Crippen molar-refractivity contribution in [2.24, 2.45) is 0 Å². The van der Waals surface area contributed by atoms with Crippen LogP contribution in [0.15, 0.2) is 66.7 Å². The second-order valence-electron chi connectivity index (χ2n) is 9.67. The molecule has 1 aliphatic rings. The maximum Gasteiger partial charge on any atom is 0.123 e. The molecule has 0 radical (unpaired) electrons. The van der Waals surface area contributed by atoms with E-state index < -0.39 is 5.60 Å². The smallest absolute Gasteiger partial charge is 0.123 e. The van der Waals surface area contributed by atoms with Crippen molar-refractivity contribution in [2.45, 2.75) is 31.5 Å². The molecule has 0 saturated carbocycles. The molecule has 2 N–H and O–H groups in total. The van der Waals surface area contributed by atoms with Crippen molar-refractivity contribution >= 4 is 17.3 Å². The number of aliphatic hydroxyl groups excluding tert-OH is 1. The largest absolute Gasteiger partial charge is 0.491 e. The topological polar surface area (TPSA) is 80.0 Å². The van der Waals surface area contributed by atoms with Crippen LogP contribution in [0.4, 0.5) is 10.1 Å². The number of β-amino-alcohol motifs (C(OH)–C–C–N with tert-alkyl or cyclic N) is 1. The van der Waals surface area contributed by atoms with Gasteiger partial charge in [-0.1, -0.05) is 35.9 Å². The van der Waals surface area contributed by atoms with Gasteiger partial charge in [0.05, 0.1) is 40.6 Å². The Bertz CT molecular complexity index is 1240. The monoisotopic (exact) mass is 523 g/mol. The Hall–Kier alpha value is -3.15. The Morgan fingerprint density at radius 3 is 2.43 bits per heavy atom. The average molecular weight is 524 g/mol. The zero-order chi connectivity index (χ0) is 26.6. The second-order valence-corrected chi connectivity index (χ2v) is 10.1. The Balaban J connectivity index is 1.63. The highest BCUT2D eigenvalue weighted by Crippen LogP contribution is 2.40. The van der Waals surface area contributed by atoms with Crippen molar-refractivity contribution in [3.8, 4) is 11.8 Å². The van der Waals surface area contributed by atoms with Crippen molar-refractivity contribution in [2.75, 3.05) is 37.7 Å². The van der Waals surface area contributed by atoms with Gasteiger partial charge in [-0.25, -0.2) is 4.39 Å². The molecule has 3 atom stereocenters. The Morgan fingerprint density at radius 1 is 1.11 bits per heavy atom. The highest BCUT2D eigenvalue weighted by Gasteiger charge is 2.37. The summed E-state index contributed by atoms with van der Waals surface area (Å²) >= 11 is 6.71. The summed E-state index contributed by atoms with van der Waals surface area (Å²) in [6.07, 6.45) is 0. The molecule has 3 aromatic carbocycles. The molecule has 0 spiro atoms. The van der Waals surface area contributed by atoms with Gasteiger partial charge in [-0.3, -0.25) is 4.90 Å². The van der Waals surface area contributed by atoms with Crippen molar-refractivity contribution in [3.05, 3.63) is 94.3 Å². The lowest BCUT2D eigenvalue weighted by molar-refractivity contribution is 0.00636. The fraction of sp³-hybridized carbons (Fsp3) is 0.345. The summed E-state index contributed by atoms with van der Waals surface area (Å²) in [5.41, 5.74) is 1.92. The van der Waals surface area contributed by atoms with Crippen molar-refractivity contribution in [1.29, 1.82) is 5.26 Å². The average Bonchev–Trinajstić information content (AvgIpc) is 2.88. The second kappa shape index (κ2) is 11.5. The lowest BCUT2D eigenvalue weighted by Gasteiger charge is -2.49. The first-order valence-corrected chi connectivity index (χ1v) is 12.6. The van der Waals surface area contributed by atoms with Crippen LogP contribution in [0.3, 0.4) is 0 Å². The molecule has 8 heteroatoms. The van der Waals surface area contributed by atoms with Gasteiger partial charge < -0.3 is 19.8 Å². The van der Waals surface area contributed by atoms with E-state index in [2.05, 4.69) is 22.8 Å². The minimum atomic E-state index is -1.13. The zero-order valence-corrected chi connectivity index (χ0v) is 21.7. The summed E-state index contributed by atoms with van der Waals surface area (Å²) < 4.78 is 19.3. The van der Waals surface area contributed by atoms with Gasteiger partial charge in [0.15, 0.2) is 0 Å². The van der Waals surface area contributed by atoms with Crippen LogP contribution in [0, 0.1) is 17.1 Å². The summed E-state index contributed by atoms with van der Waals surface area (Å²) in [7, 11) is 0. The summed E-state index contributed by atoms with van der Waals surface area (Å²) in [4.78, 5) is 4.44. The molecule has 1 heterocycles. The molecule has 1 saturated heterocycles. The van der Waals surface area contributed by atoms with Gasteiger partial charge in [-0.15, -0.1) is 0 Å². The van der Waals surface area contributed by atoms with Gasteiger partial charge in [0.2, 0.25) is 0 Å². The number of nitrogens with zero attached hydrogens (tertiary/aromatic N) is 3. The Kier molecular flexibility index (Phi) is 8.35. The van der Waals surface area contributed by atoms with Crippen LogP contribution in [0.1, 0.15) is 36.6 Å². The first-order chi connectivity index (χ1) is 17.7. The number of ether oxygens (including phenoxy) is 1. The van der Waals surface area contributed by atoms with Crippen LogP contribution in [0.25, 0.3) is 0 Å². The quantitative estimate of drug-likeness (QED) is 0.438. The molecule has 0 amide bonds. The zero-order valence-electron chi connectivity index (χ0n) is 20.9. The molecule has 3 aromatic rings. The molecule has 37 heavy (non-hydrogen) atoms. The highest BCUT2D eigenvalue weighted by molar-refractivity contribution is 6.33. The molecule has 0 unspecified atom stereocenters. The van der Waals surface area contributed by atoms with E-state index in [0.29, 0.717) is 36.0 Å². The molecule has 0 aliphatic carbocycles. The van der Waals surface area contributed by atoms with Gasteiger partial charge in [0.1, 0.15) is 18.2 Å². The number of aliphatic hydroxyl groups is 2. The van der Waals surface area contributed by atoms with Gasteiger partial charge in [0.25, 0.3) is 0 Å². The van der Waals surface area contributed by atoms with Crippen molar-refractivity contribution in [1.82, 2.24) is 4.90 Å². The van der Waals surface area contributed by atoms with Crippen molar-refractivity contribution in [3.63, 3.8) is 0 Å². The van der Waals surface area contributed by atoms with Crippen molar-refractivity contribution < 1.29 is 19.3 Å². The normalized spacial score (nSPS) is 19.8. The maximum absolute atomic E-state index is 13.8. The summed E-state index contributed by atoms with van der Waals surface area (Å²) in [5.74, 6) is 0.272. The number of piperazine rings is 1. The number of benzene rings is 3. The number of anilines is 1. The van der Waals surface area contributed by atoms with E-state index in [9.17, 15) is 9.50 Å². The Labute approximate surface area is 222 Å². The molecule has 1 fully saturated rings. The molecule has 1 aliphatic heterocycles. The summed E-state index contributed by atoms with van der Waals surface area (Å²) in [5, 5.41) is 30.0. The van der Waals surface area contributed by atoms with Gasteiger partial charge in [0, 0.05) is 31.7 Å². The fourth-order valence-corrected chi connectivity index (χ4v) is 5.31. The molecule has 4 rings (SSSR count). The van der Waals surface area contributed by atoms with E-state index in [1.165, 1.54) is 12.1 Å². The first kappa shape index (κ1) is 26.9. The van der Waals surface area contributed by atoms with Crippen LogP contribution in [-0.4, -0.2) is 54.0 Å².